The summed E-state index contributed by atoms with van der Waals surface area (Å²) in [6.45, 7) is 2.50. The molecule has 1 aromatic heterocycles. The van der Waals surface area contributed by atoms with Crippen molar-refractivity contribution in [1.82, 2.24) is 4.98 Å². The fourth-order valence-corrected chi connectivity index (χ4v) is 2.76. The molecule has 2 unspecified atom stereocenters. The number of carbonyl (C=O) groups is 2. The minimum atomic E-state index is -0.935. The summed E-state index contributed by atoms with van der Waals surface area (Å²) in [6, 6.07) is 1.10. The Kier molecular flexibility index (Phi) is 4.77. The molecule has 23 heavy (non-hydrogen) atoms. The molecule has 2 rings (SSSR count). The zero-order valence-electron chi connectivity index (χ0n) is 12.8. The number of methoxy groups -OCH3 is 1. The first-order valence-electron chi connectivity index (χ1n) is 7.04. The van der Waals surface area contributed by atoms with Gasteiger partial charge in [0, 0.05) is 25.4 Å². The van der Waals surface area contributed by atoms with Gasteiger partial charge in [0.2, 0.25) is 5.82 Å². The third-order valence-corrected chi connectivity index (χ3v) is 3.77. The third-order valence-electron chi connectivity index (χ3n) is 3.77. The Balaban J connectivity index is 2.39. The van der Waals surface area contributed by atoms with Crippen LogP contribution in [0.1, 0.15) is 23.7 Å². The first-order valence-corrected chi connectivity index (χ1v) is 7.04. The van der Waals surface area contributed by atoms with Gasteiger partial charge in [-0.3, -0.25) is 14.9 Å². The summed E-state index contributed by atoms with van der Waals surface area (Å²) in [5.41, 5.74) is -0.367. The van der Waals surface area contributed by atoms with E-state index in [1.165, 1.54) is 13.3 Å². The van der Waals surface area contributed by atoms with Crippen LogP contribution in [-0.4, -0.2) is 47.2 Å². The Labute approximate surface area is 132 Å². The van der Waals surface area contributed by atoms with Crippen molar-refractivity contribution >= 4 is 23.4 Å². The Hall–Kier alpha value is -2.71. The standard InChI is InChI=1S/C14H17N3O6/c1-8-3-10(13(18)19)7-16(6-8)12-11(17(21)22)4-9(5-15-12)14(20)23-2/h4-5,8,10H,3,6-7H2,1-2H3,(H,18,19). The van der Waals surface area contributed by atoms with Crippen molar-refractivity contribution in [2.45, 2.75) is 13.3 Å². The molecule has 9 heteroatoms. The maximum absolute atomic E-state index is 11.5. The number of carbonyl (C=O) groups excluding carboxylic acids is 1. The van der Waals surface area contributed by atoms with Gasteiger partial charge in [-0.1, -0.05) is 6.92 Å². The lowest BCUT2D eigenvalue weighted by Gasteiger charge is -2.35. The number of piperidine rings is 1. The second-order valence-electron chi connectivity index (χ2n) is 5.60. The van der Waals surface area contributed by atoms with Crippen LogP contribution in [0.5, 0.6) is 0 Å². The predicted molar refractivity (Wildman–Crippen MR) is 79.4 cm³/mol. The average Bonchev–Trinajstić information content (AvgIpc) is 2.52. The SMILES string of the molecule is COC(=O)c1cnc(N2CC(C)CC(C(=O)O)C2)c([N+](=O)[O-])c1. The fourth-order valence-electron chi connectivity index (χ4n) is 2.76. The zero-order valence-corrected chi connectivity index (χ0v) is 12.8. The van der Waals surface area contributed by atoms with Crippen LogP contribution in [0.2, 0.25) is 0 Å². The smallest absolute Gasteiger partial charge is 0.339 e. The normalized spacial score (nSPS) is 20.9. The van der Waals surface area contributed by atoms with E-state index in [0.29, 0.717) is 13.0 Å². The summed E-state index contributed by atoms with van der Waals surface area (Å²) >= 11 is 0. The number of ether oxygens (including phenoxy) is 1. The molecular weight excluding hydrogens is 306 g/mol. The number of aliphatic carboxylic acids is 1. The summed E-state index contributed by atoms with van der Waals surface area (Å²) in [7, 11) is 1.17. The highest BCUT2D eigenvalue weighted by molar-refractivity contribution is 5.90. The van der Waals surface area contributed by atoms with Gasteiger partial charge in [0.15, 0.2) is 0 Å². The van der Waals surface area contributed by atoms with Crippen LogP contribution in [-0.2, 0) is 9.53 Å². The van der Waals surface area contributed by atoms with Gasteiger partial charge in [-0.25, -0.2) is 9.78 Å². The highest BCUT2D eigenvalue weighted by atomic mass is 16.6. The van der Waals surface area contributed by atoms with Gasteiger partial charge >= 0.3 is 17.6 Å². The molecule has 9 nitrogen and oxygen atoms in total. The number of carboxylic acid groups (broad SMARTS) is 1. The molecule has 0 bridgehead atoms. The average molecular weight is 323 g/mol. The van der Waals surface area contributed by atoms with Gasteiger partial charge < -0.3 is 14.7 Å². The Morgan fingerprint density at radius 2 is 2.17 bits per heavy atom. The molecule has 1 saturated heterocycles. The van der Waals surface area contributed by atoms with E-state index in [2.05, 4.69) is 9.72 Å². The van der Waals surface area contributed by atoms with E-state index in [4.69, 9.17) is 0 Å². The van der Waals surface area contributed by atoms with Crippen LogP contribution < -0.4 is 4.90 Å². The molecule has 124 valence electrons. The number of aromatic nitrogens is 1. The summed E-state index contributed by atoms with van der Waals surface area (Å²) < 4.78 is 4.53. The lowest BCUT2D eigenvalue weighted by Crippen LogP contribution is -2.43. The van der Waals surface area contributed by atoms with E-state index < -0.39 is 22.8 Å². The maximum Gasteiger partial charge on any atom is 0.339 e. The van der Waals surface area contributed by atoms with Crippen molar-refractivity contribution in [3.05, 3.63) is 27.9 Å². The van der Waals surface area contributed by atoms with Gasteiger partial charge in [-0.2, -0.15) is 0 Å². The molecule has 0 radical (unpaired) electrons. The highest BCUT2D eigenvalue weighted by Crippen LogP contribution is 2.32. The Morgan fingerprint density at radius 1 is 1.48 bits per heavy atom. The quantitative estimate of drug-likeness (QED) is 0.500. The largest absolute Gasteiger partial charge is 0.481 e. The van der Waals surface area contributed by atoms with E-state index in [9.17, 15) is 24.8 Å². The van der Waals surface area contributed by atoms with Crippen LogP contribution in [0.25, 0.3) is 0 Å². The number of anilines is 1. The highest BCUT2D eigenvalue weighted by Gasteiger charge is 2.33. The molecule has 0 amide bonds. The fraction of sp³-hybridized carbons (Fsp3) is 0.500. The van der Waals surface area contributed by atoms with Gasteiger partial charge in [-0.15, -0.1) is 0 Å². The van der Waals surface area contributed by atoms with Crippen molar-refractivity contribution in [3.63, 3.8) is 0 Å². The molecular formula is C14H17N3O6. The summed E-state index contributed by atoms with van der Waals surface area (Å²) in [5.74, 6) is -2.13. The molecule has 0 spiro atoms. The second-order valence-corrected chi connectivity index (χ2v) is 5.60. The van der Waals surface area contributed by atoms with Crippen LogP contribution in [0.3, 0.4) is 0 Å². The molecule has 0 saturated carbocycles. The Bertz CT molecular complexity index is 647. The molecule has 2 heterocycles. The number of nitro groups is 1. The van der Waals surface area contributed by atoms with E-state index in [1.807, 2.05) is 6.92 Å². The van der Waals surface area contributed by atoms with E-state index in [-0.39, 0.29) is 29.5 Å². The molecule has 1 N–H and O–H groups in total. The van der Waals surface area contributed by atoms with Crippen molar-refractivity contribution < 1.29 is 24.4 Å². The minimum Gasteiger partial charge on any atom is -0.481 e. The first-order chi connectivity index (χ1) is 10.8. The molecule has 2 atom stereocenters. The van der Waals surface area contributed by atoms with E-state index in [0.717, 1.165) is 6.07 Å². The first kappa shape index (κ1) is 16.7. The van der Waals surface area contributed by atoms with Crippen molar-refractivity contribution in [3.8, 4) is 0 Å². The third kappa shape index (κ3) is 3.55. The molecule has 1 aliphatic heterocycles. The van der Waals surface area contributed by atoms with Gasteiger partial charge in [0.1, 0.15) is 0 Å². The topological polar surface area (TPSA) is 123 Å². The van der Waals surface area contributed by atoms with Crippen molar-refractivity contribution in [2.24, 2.45) is 11.8 Å². The molecule has 1 aromatic rings. The number of esters is 1. The molecule has 0 aromatic carbocycles. The maximum atomic E-state index is 11.5. The monoisotopic (exact) mass is 323 g/mol. The van der Waals surface area contributed by atoms with Crippen molar-refractivity contribution in [1.29, 1.82) is 0 Å². The summed E-state index contributed by atoms with van der Waals surface area (Å²) in [5, 5.41) is 20.5. The van der Waals surface area contributed by atoms with Gasteiger partial charge in [-0.05, 0) is 12.3 Å². The van der Waals surface area contributed by atoms with Crippen LogP contribution >= 0.6 is 0 Å². The van der Waals surface area contributed by atoms with Crippen LogP contribution in [0.15, 0.2) is 12.3 Å². The number of rotatable bonds is 4. The van der Waals surface area contributed by atoms with E-state index in [1.54, 1.807) is 4.90 Å². The number of hydrogen-bond acceptors (Lipinski definition) is 7. The molecule has 0 aliphatic carbocycles. The lowest BCUT2D eigenvalue weighted by atomic mass is 9.90. The summed E-state index contributed by atoms with van der Waals surface area (Å²) in [6.07, 6.45) is 1.71. The number of carboxylic acids is 1. The second kappa shape index (κ2) is 6.59. The molecule has 1 fully saturated rings. The number of nitrogens with zero attached hydrogens (tertiary/aromatic N) is 3. The van der Waals surface area contributed by atoms with Crippen LogP contribution in [0, 0.1) is 22.0 Å². The number of pyridine rings is 1. The van der Waals surface area contributed by atoms with Gasteiger partial charge in [0.25, 0.3) is 0 Å². The summed E-state index contributed by atoms with van der Waals surface area (Å²) in [4.78, 5) is 39.0. The number of hydrogen-bond donors (Lipinski definition) is 1. The lowest BCUT2D eigenvalue weighted by molar-refractivity contribution is -0.384. The van der Waals surface area contributed by atoms with Crippen LogP contribution in [0.4, 0.5) is 11.5 Å². The minimum absolute atomic E-state index is 0.0252. The molecule has 1 aliphatic rings. The zero-order chi connectivity index (χ0) is 17.1. The Morgan fingerprint density at radius 3 is 2.74 bits per heavy atom. The van der Waals surface area contributed by atoms with Gasteiger partial charge in [0.05, 0.1) is 23.5 Å². The van der Waals surface area contributed by atoms with E-state index >= 15 is 0 Å². The predicted octanol–water partition coefficient (Wildman–Crippen LogP) is 1.32. The van der Waals surface area contributed by atoms with Crippen molar-refractivity contribution in [2.75, 3.05) is 25.1 Å².